The molecule has 32 heavy (non-hydrogen) atoms. The van der Waals surface area contributed by atoms with Crippen molar-refractivity contribution in [1.82, 2.24) is 5.32 Å². The molecule has 0 radical (unpaired) electrons. The van der Waals surface area contributed by atoms with Crippen molar-refractivity contribution in [3.63, 3.8) is 0 Å². The smallest absolute Gasteiger partial charge is 0.416 e. The Morgan fingerprint density at radius 2 is 1.72 bits per heavy atom. The lowest BCUT2D eigenvalue weighted by Gasteiger charge is -2.24. The maximum atomic E-state index is 12.8. The summed E-state index contributed by atoms with van der Waals surface area (Å²) >= 11 is 0. The van der Waals surface area contributed by atoms with Gasteiger partial charge in [-0.1, -0.05) is 30.3 Å². The van der Waals surface area contributed by atoms with Gasteiger partial charge in [0.25, 0.3) is 0 Å². The van der Waals surface area contributed by atoms with Crippen LogP contribution in [-0.4, -0.2) is 18.4 Å². The largest absolute Gasteiger partial charge is 0.423 e. The highest BCUT2D eigenvalue weighted by Gasteiger charge is 2.30. The monoisotopic (exact) mass is 440 g/mol. The Labute approximate surface area is 182 Å². The Morgan fingerprint density at radius 3 is 2.41 bits per heavy atom. The second kappa shape index (κ2) is 8.47. The molecule has 0 bridgehead atoms. The van der Waals surface area contributed by atoms with Crippen molar-refractivity contribution in [2.45, 2.75) is 18.6 Å². The molecule has 0 aliphatic carbocycles. The molecule has 1 atom stereocenters. The van der Waals surface area contributed by atoms with Crippen LogP contribution < -0.4 is 15.8 Å². The van der Waals surface area contributed by atoms with Crippen molar-refractivity contribution in [3.05, 3.63) is 89.0 Å². The molecule has 4 rings (SSSR count). The van der Waals surface area contributed by atoms with E-state index in [-0.39, 0.29) is 5.56 Å². The first-order valence-corrected chi connectivity index (χ1v) is 9.88. The molecule has 1 unspecified atom stereocenters. The average Bonchev–Trinajstić information content (AvgIpc) is 2.78. The maximum absolute atomic E-state index is 12.8. The molecule has 5 nitrogen and oxygen atoms in total. The molecule has 0 saturated heterocycles. The number of esters is 1. The first kappa shape index (κ1) is 21.6. The van der Waals surface area contributed by atoms with Crippen LogP contribution in [0.4, 0.5) is 13.2 Å². The number of nitrogens with two attached hydrogens (primary N) is 1. The SMILES string of the molecule is NC(=O)C1NCCc2cc(OC(=O)c3cccc(-c4ccc(C(F)(F)F)cc4)c3)ccc21. The van der Waals surface area contributed by atoms with Crippen LogP contribution in [0.15, 0.2) is 66.7 Å². The minimum Gasteiger partial charge on any atom is -0.423 e. The molecular formula is C24H19F3N2O3. The molecule has 0 fully saturated rings. The van der Waals surface area contributed by atoms with Gasteiger partial charge in [0.05, 0.1) is 11.1 Å². The third-order valence-electron chi connectivity index (χ3n) is 5.31. The summed E-state index contributed by atoms with van der Waals surface area (Å²) < 4.78 is 43.8. The summed E-state index contributed by atoms with van der Waals surface area (Å²) in [7, 11) is 0. The van der Waals surface area contributed by atoms with Gasteiger partial charge in [0.2, 0.25) is 5.91 Å². The minimum atomic E-state index is -4.41. The van der Waals surface area contributed by atoms with Crippen molar-refractivity contribution in [2.75, 3.05) is 6.54 Å². The van der Waals surface area contributed by atoms with E-state index in [2.05, 4.69) is 5.32 Å². The van der Waals surface area contributed by atoms with Crippen molar-refractivity contribution in [2.24, 2.45) is 5.73 Å². The van der Waals surface area contributed by atoms with Crippen molar-refractivity contribution >= 4 is 11.9 Å². The number of nitrogens with one attached hydrogen (secondary N) is 1. The lowest BCUT2D eigenvalue weighted by Crippen LogP contribution is -2.38. The zero-order chi connectivity index (χ0) is 22.9. The molecule has 8 heteroatoms. The van der Waals surface area contributed by atoms with E-state index in [1.165, 1.54) is 12.1 Å². The molecule has 0 spiro atoms. The van der Waals surface area contributed by atoms with Gasteiger partial charge in [0.1, 0.15) is 11.8 Å². The topological polar surface area (TPSA) is 81.4 Å². The van der Waals surface area contributed by atoms with Crippen LogP contribution >= 0.6 is 0 Å². The molecule has 0 aromatic heterocycles. The number of amides is 1. The fourth-order valence-electron chi connectivity index (χ4n) is 3.70. The summed E-state index contributed by atoms with van der Waals surface area (Å²) in [6.45, 7) is 0.577. The molecule has 1 aliphatic rings. The number of alkyl halides is 3. The fraction of sp³-hybridized carbons (Fsp3) is 0.167. The van der Waals surface area contributed by atoms with Gasteiger partial charge in [-0.05, 0) is 65.1 Å². The predicted octanol–water partition coefficient (Wildman–Crippen LogP) is 4.26. The minimum absolute atomic E-state index is 0.261. The van der Waals surface area contributed by atoms with E-state index < -0.39 is 29.7 Å². The first-order chi connectivity index (χ1) is 15.2. The van der Waals surface area contributed by atoms with E-state index in [9.17, 15) is 22.8 Å². The van der Waals surface area contributed by atoms with Gasteiger partial charge < -0.3 is 15.8 Å². The second-order valence-electron chi connectivity index (χ2n) is 7.45. The summed E-state index contributed by atoms with van der Waals surface area (Å²) in [5.41, 5.74) is 7.72. The zero-order valence-corrected chi connectivity index (χ0v) is 16.8. The van der Waals surface area contributed by atoms with Crippen molar-refractivity contribution in [1.29, 1.82) is 0 Å². The molecule has 1 heterocycles. The number of fused-ring (bicyclic) bond motifs is 1. The third kappa shape index (κ3) is 4.50. The molecule has 3 N–H and O–H groups in total. The predicted molar refractivity (Wildman–Crippen MR) is 112 cm³/mol. The maximum Gasteiger partial charge on any atom is 0.416 e. The summed E-state index contributed by atoms with van der Waals surface area (Å²) in [5, 5.41) is 3.05. The Morgan fingerprint density at radius 1 is 0.969 bits per heavy atom. The number of primary amides is 1. The number of carbonyl (C=O) groups is 2. The Balaban J connectivity index is 1.53. The van der Waals surface area contributed by atoms with Crippen LogP contribution in [0.25, 0.3) is 11.1 Å². The van der Waals surface area contributed by atoms with Gasteiger partial charge in [-0.3, -0.25) is 4.79 Å². The van der Waals surface area contributed by atoms with E-state index in [1.807, 2.05) is 0 Å². The molecule has 1 amide bonds. The molecular weight excluding hydrogens is 421 g/mol. The summed E-state index contributed by atoms with van der Waals surface area (Å²) in [5.74, 6) is -0.742. The van der Waals surface area contributed by atoms with Gasteiger partial charge >= 0.3 is 12.1 Å². The van der Waals surface area contributed by atoms with Crippen molar-refractivity contribution in [3.8, 4) is 16.9 Å². The third-order valence-corrected chi connectivity index (χ3v) is 5.31. The zero-order valence-electron chi connectivity index (χ0n) is 16.8. The van der Waals surface area contributed by atoms with Gasteiger partial charge in [-0.25, -0.2) is 4.79 Å². The van der Waals surface area contributed by atoms with Crippen LogP contribution in [0.5, 0.6) is 5.75 Å². The number of hydrogen-bond acceptors (Lipinski definition) is 4. The summed E-state index contributed by atoms with van der Waals surface area (Å²) in [4.78, 5) is 24.3. The van der Waals surface area contributed by atoms with Crippen LogP contribution in [0.1, 0.15) is 33.1 Å². The van der Waals surface area contributed by atoms with Gasteiger partial charge in [-0.2, -0.15) is 13.2 Å². The lowest BCUT2D eigenvalue weighted by molar-refractivity contribution is -0.137. The molecule has 3 aromatic carbocycles. The van der Waals surface area contributed by atoms with Crippen LogP contribution in [-0.2, 0) is 17.4 Å². The number of benzene rings is 3. The molecule has 1 aliphatic heterocycles. The normalized spacial score (nSPS) is 15.7. The molecule has 164 valence electrons. The second-order valence-corrected chi connectivity index (χ2v) is 7.45. The number of ether oxygens (including phenoxy) is 1. The number of hydrogen-bond donors (Lipinski definition) is 2. The number of rotatable bonds is 4. The van der Waals surface area contributed by atoms with Crippen LogP contribution in [0.2, 0.25) is 0 Å². The highest BCUT2D eigenvalue weighted by atomic mass is 19.4. The highest BCUT2D eigenvalue weighted by molar-refractivity contribution is 5.92. The Bertz CT molecular complexity index is 1170. The standard InChI is InChI=1S/C24H19F3N2O3/c25-24(26,27)18-6-4-14(5-7-18)15-2-1-3-17(12-15)23(31)32-19-8-9-20-16(13-19)10-11-29-21(20)22(28)30/h1-9,12-13,21,29H,10-11H2,(H2,28,30). The number of carbonyl (C=O) groups excluding carboxylic acids is 2. The quantitative estimate of drug-likeness (QED) is 0.469. The van der Waals surface area contributed by atoms with Gasteiger partial charge in [0.15, 0.2) is 0 Å². The summed E-state index contributed by atoms with van der Waals surface area (Å²) in [6, 6.07) is 15.6. The van der Waals surface area contributed by atoms with Crippen LogP contribution in [0, 0.1) is 0 Å². The van der Waals surface area contributed by atoms with E-state index in [0.717, 1.165) is 23.3 Å². The average molecular weight is 440 g/mol. The van der Waals surface area contributed by atoms with Gasteiger partial charge in [0, 0.05) is 6.54 Å². The first-order valence-electron chi connectivity index (χ1n) is 9.88. The molecule has 0 saturated carbocycles. The Kier molecular flexibility index (Phi) is 5.71. The van der Waals surface area contributed by atoms with Crippen molar-refractivity contribution < 1.29 is 27.5 Å². The lowest BCUT2D eigenvalue weighted by atomic mass is 9.94. The van der Waals surface area contributed by atoms with E-state index in [1.54, 1.807) is 42.5 Å². The van der Waals surface area contributed by atoms with Crippen LogP contribution in [0.3, 0.4) is 0 Å². The number of halogens is 3. The molecule has 3 aromatic rings. The Hall–Kier alpha value is -3.65. The highest BCUT2D eigenvalue weighted by Crippen LogP contribution is 2.31. The fourth-order valence-corrected chi connectivity index (χ4v) is 3.70. The van der Waals surface area contributed by atoms with E-state index >= 15 is 0 Å². The van der Waals surface area contributed by atoms with E-state index in [0.29, 0.717) is 29.8 Å². The van der Waals surface area contributed by atoms with Gasteiger partial charge in [-0.15, -0.1) is 0 Å². The van der Waals surface area contributed by atoms with E-state index in [4.69, 9.17) is 10.5 Å². The summed E-state index contributed by atoms with van der Waals surface area (Å²) in [6.07, 6.45) is -3.75.